The van der Waals surface area contributed by atoms with Gasteiger partial charge in [0.05, 0.1) is 30.3 Å². The number of rotatable bonds is 3. The van der Waals surface area contributed by atoms with Crippen molar-refractivity contribution in [1.29, 1.82) is 0 Å². The first kappa shape index (κ1) is 14.9. The van der Waals surface area contributed by atoms with Gasteiger partial charge in [-0.2, -0.15) is 0 Å². The third-order valence-corrected chi connectivity index (χ3v) is 4.34. The highest BCUT2D eigenvalue weighted by Gasteiger charge is 2.16. The van der Waals surface area contributed by atoms with E-state index in [9.17, 15) is 4.79 Å². The molecule has 2 aromatic heterocycles. The lowest BCUT2D eigenvalue weighted by atomic mass is 10.2. The maximum atomic E-state index is 12.2. The lowest BCUT2D eigenvalue weighted by Gasteiger charge is -2.28. The summed E-state index contributed by atoms with van der Waals surface area (Å²) in [6, 6.07) is 3.81. The predicted molar refractivity (Wildman–Crippen MR) is 84.6 cm³/mol. The molecule has 3 rings (SSSR count). The molecule has 0 bridgehead atoms. The van der Waals surface area contributed by atoms with Gasteiger partial charge in [-0.1, -0.05) is 4.49 Å². The Morgan fingerprint density at radius 2 is 2.05 bits per heavy atom. The SMILES string of the molecule is Cc1nc(N2CCOCC2)ccc1NC(=O)c1snnc1C. The summed E-state index contributed by atoms with van der Waals surface area (Å²) >= 11 is 1.09. The summed E-state index contributed by atoms with van der Waals surface area (Å²) in [5.74, 6) is 0.714. The van der Waals surface area contributed by atoms with Gasteiger partial charge in [0, 0.05) is 13.1 Å². The van der Waals surface area contributed by atoms with Crippen LogP contribution in [0.3, 0.4) is 0 Å². The van der Waals surface area contributed by atoms with E-state index in [0.717, 1.165) is 49.3 Å². The molecule has 116 valence electrons. The molecule has 1 saturated heterocycles. The third kappa shape index (κ3) is 3.07. The number of anilines is 2. The summed E-state index contributed by atoms with van der Waals surface area (Å²) in [6.07, 6.45) is 0. The highest BCUT2D eigenvalue weighted by molar-refractivity contribution is 7.08. The van der Waals surface area contributed by atoms with Gasteiger partial charge in [-0.05, 0) is 37.5 Å². The zero-order valence-electron chi connectivity index (χ0n) is 12.5. The van der Waals surface area contributed by atoms with Gasteiger partial charge in [0.15, 0.2) is 0 Å². The maximum Gasteiger partial charge on any atom is 0.269 e. The summed E-state index contributed by atoms with van der Waals surface area (Å²) in [5.41, 5.74) is 2.13. The normalized spacial score (nSPS) is 14.9. The van der Waals surface area contributed by atoms with E-state index in [4.69, 9.17) is 4.74 Å². The van der Waals surface area contributed by atoms with E-state index in [2.05, 4.69) is 24.8 Å². The van der Waals surface area contributed by atoms with Gasteiger partial charge in [0.25, 0.3) is 5.91 Å². The van der Waals surface area contributed by atoms with Crippen LogP contribution in [0.1, 0.15) is 21.1 Å². The maximum absolute atomic E-state index is 12.2. The summed E-state index contributed by atoms with van der Waals surface area (Å²) in [7, 11) is 0. The topological polar surface area (TPSA) is 80.2 Å². The number of pyridine rings is 1. The molecule has 1 amide bonds. The Bertz CT molecular complexity index is 682. The molecular formula is C14H17N5O2S. The summed E-state index contributed by atoms with van der Waals surface area (Å²) in [6.45, 7) is 6.77. The second kappa shape index (κ2) is 6.37. The zero-order valence-corrected chi connectivity index (χ0v) is 13.3. The van der Waals surface area contributed by atoms with Crippen molar-refractivity contribution in [2.75, 3.05) is 36.5 Å². The lowest BCUT2D eigenvalue weighted by molar-refractivity contribution is 0.102. The van der Waals surface area contributed by atoms with Crippen LogP contribution in [0, 0.1) is 13.8 Å². The molecule has 22 heavy (non-hydrogen) atoms. The van der Waals surface area contributed by atoms with Gasteiger partial charge in [-0.25, -0.2) is 4.98 Å². The average Bonchev–Trinajstić information content (AvgIpc) is 2.96. The molecule has 1 N–H and O–H groups in total. The van der Waals surface area contributed by atoms with E-state index in [-0.39, 0.29) is 5.91 Å². The third-order valence-electron chi connectivity index (χ3n) is 3.51. The van der Waals surface area contributed by atoms with Crippen molar-refractivity contribution < 1.29 is 9.53 Å². The van der Waals surface area contributed by atoms with Crippen molar-refractivity contribution in [3.8, 4) is 0 Å². The van der Waals surface area contributed by atoms with E-state index < -0.39 is 0 Å². The van der Waals surface area contributed by atoms with Crippen molar-refractivity contribution >= 4 is 28.9 Å². The van der Waals surface area contributed by atoms with E-state index in [0.29, 0.717) is 16.3 Å². The van der Waals surface area contributed by atoms with Crippen LogP contribution >= 0.6 is 11.5 Å². The number of nitrogens with zero attached hydrogens (tertiary/aromatic N) is 4. The summed E-state index contributed by atoms with van der Waals surface area (Å²) in [5, 5.41) is 6.72. The van der Waals surface area contributed by atoms with Crippen LogP contribution in [-0.4, -0.2) is 46.8 Å². The fraction of sp³-hybridized carbons (Fsp3) is 0.429. The van der Waals surface area contributed by atoms with Crippen molar-refractivity contribution in [3.63, 3.8) is 0 Å². The van der Waals surface area contributed by atoms with Crippen LogP contribution < -0.4 is 10.2 Å². The number of hydrogen-bond acceptors (Lipinski definition) is 7. The average molecular weight is 319 g/mol. The Morgan fingerprint density at radius 3 is 2.68 bits per heavy atom. The Labute approximate surface area is 132 Å². The van der Waals surface area contributed by atoms with Crippen LogP contribution in [0.4, 0.5) is 11.5 Å². The molecule has 2 aromatic rings. The van der Waals surface area contributed by atoms with Crippen LogP contribution in [0.15, 0.2) is 12.1 Å². The number of amides is 1. The number of aromatic nitrogens is 3. The standard InChI is InChI=1S/C14H17N5O2S/c1-9-11(16-14(20)13-10(2)17-18-22-13)3-4-12(15-9)19-5-7-21-8-6-19/h3-4H,5-8H2,1-2H3,(H,16,20). The minimum absolute atomic E-state index is 0.198. The van der Waals surface area contributed by atoms with Crippen LogP contribution in [-0.2, 0) is 4.74 Å². The van der Waals surface area contributed by atoms with Crippen molar-refractivity contribution in [3.05, 3.63) is 28.4 Å². The van der Waals surface area contributed by atoms with E-state index in [1.54, 1.807) is 6.92 Å². The molecule has 1 aliphatic heterocycles. The van der Waals surface area contributed by atoms with Crippen molar-refractivity contribution in [2.45, 2.75) is 13.8 Å². The number of ether oxygens (including phenoxy) is 1. The molecule has 0 atom stereocenters. The van der Waals surface area contributed by atoms with E-state index in [1.807, 2.05) is 19.1 Å². The fourth-order valence-corrected chi connectivity index (χ4v) is 2.82. The molecule has 0 aromatic carbocycles. The molecule has 0 spiro atoms. The van der Waals surface area contributed by atoms with Crippen LogP contribution in [0.2, 0.25) is 0 Å². The van der Waals surface area contributed by atoms with Gasteiger partial charge in [-0.3, -0.25) is 4.79 Å². The van der Waals surface area contributed by atoms with Gasteiger partial charge in [-0.15, -0.1) is 5.10 Å². The number of carbonyl (C=O) groups excluding carboxylic acids is 1. The van der Waals surface area contributed by atoms with Gasteiger partial charge in [0.2, 0.25) is 0 Å². The number of carbonyl (C=O) groups is 1. The number of nitrogens with one attached hydrogen (secondary N) is 1. The summed E-state index contributed by atoms with van der Waals surface area (Å²) < 4.78 is 9.12. The first-order chi connectivity index (χ1) is 10.6. The second-order valence-electron chi connectivity index (χ2n) is 5.04. The largest absolute Gasteiger partial charge is 0.378 e. The molecule has 0 aliphatic carbocycles. The lowest BCUT2D eigenvalue weighted by Crippen LogP contribution is -2.36. The molecule has 0 saturated carbocycles. The number of morpholine rings is 1. The zero-order chi connectivity index (χ0) is 15.5. The van der Waals surface area contributed by atoms with Crippen LogP contribution in [0.5, 0.6) is 0 Å². The van der Waals surface area contributed by atoms with Gasteiger partial charge in [0.1, 0.15) is 10.7 Å². The Morgan fingerprint density at radius 1 is 1.27 bits per heavy atom. The summed E-state index contributed by atoms with van der Waals surface area (Å²) in [4.78, 5) is 19.5. The van der Waals surface area contributed by atoms with Gasteiger partial charge >= 0.3 is 0 Å². The minimum atomic E-state index is -0.198. The Kier molecular flexibility index (Phi) is 4.30. The van der Waals surface area contributed by atoms with Gasteiger partial charge < -0.3 is 15.0 Å². The number of aryl methyl sites for hydroxylation is 2. The molecule has 8 heteroatoms. The monoisotopic (exact) mass is 319 g/mol. The molecule has 1 fully saturated rings. The molecule has 0 radical (unpaired) electrons. The molecule has 7 nitrogen and oxygen atoms in total. The predicted octanol–water partition coefficient (Wildman–Crippen LogP) is 1.64. The van der Waals surface area contributed by atoms with E-state index in [1.165, 1.54) is 0 Å². The molecular weight excluding hydrogens is 302 g/mol. The van der Waals surface area contributed by atoms with E-state index >= 15 is 0 Å². The Hall–Kier alpha value is -2.06. The van der Waals surface area contributed by atoms with Crippen molar-refractivity contribution in [1.82, 2.24) is 14.6 Å². The first-order valence-corrected chi connectivity index (χ1v) is 7.83. The highest BCUT2D eigenvalue weighted by atomic mass is 32.1. The first-order valence-electron chi connectivity index (χ1n) is 7.06. The fourth-order valence-electron chi connectivity index (χ4n) is 2.27. The molecule has 0 unspecified atom stereocenters. The highest BCUT2D eigenvalue weighted by Crippen LogP contribution is 2.21. The smallest absolute Gasteiger partial charge is 0.269 e. The minimum Gasteiger partial charge on any atom is -0.378 e. The quantitative estimate of drug-likeness (QED) is 0.926. The number of hydrogen-bond donors (Lipinski definition) is 1. The Balaban J connectivity index is 1.75. The van der Waals surface area contributed by atoms with Crippen LogP contribution in [0.25, 0.3) is 0 Å². The second-order valence-corrected chi connectivity index (χ2v) is 5.80. The molecule has 1 aliphatic rings. The van der Waals surface area contributed by atoms with Crippen molar-refractivity contribution in [2.24, 2.45) is 0 Å². The molecule has 3 heterocycles.